The number of hydrogen-bond donors (Lipinski definition) is 2. The van der Waals surface area contributed by atoms with Crippen LogP contribution in [0.2, 0.25) is 0 Å². The maximum atomic E-state index is 12.8. The van der Waals surface area contributed by atoms with Gasteiger partial charge in [-0.2, -0.15) is 0 Å². The van der Waals surface area contributed by atoms with E-state index in [0.717, 1.165) is 11.1 Å². The van der Waals surface area contributed by atoms with Crippen molar-refractivity contribution in [3.63, 3.8) is 0 Å². The fourth-order valence-electron chi connectivity index (χ4n) is 2.54. The molecule has 0 atom stereocenters. The Balaban J connectivity index is 2.32. The number of nitrogens with one attached hydrogen (secondary N) is 2. The molecular formula is C19H24N2O4S. The van der Waals surface area contributed by atoms with Crippen LogP contribution in [0.4, 0.5) is 5.69 Å². The van der Waals surface area contributed by atoms with E-state index in [1.807, 2.05) is 32.0 Å². The van der Waals surface area contributed by atoms with Gasteiger partial charge in [0.05, 0.1) is 17.2 Å². The molecule has 0 spiro atoms. The quantitative estimate of drug-likeness (QED) is 0.728. The van der Waals surface area contributed by atoms with E-state index in [4.69, 9.17) is 4.74 Å². The number of amides is 1. The van der Waals surface area contributed by atoms with Crippen molar-refractivity contribution in [2.75, 3.05) is 25.0 Å². The Bertz CT molecular complexity index is 888. The van der Waals surface area contributed by atoms with Crippen molar-refractivity contribution in [3.05, 3.63) is 58.7 Å². The minimum absolute atomic E-state index is 0.0441. The van der Waals surface area contributed by atoms with E-state index in [1.54, 1.807) is 20.1 Å². The highest BCUT2D eigenvalue weighted by Gasteiger charge is 2.19. The molecule has 2 aromatic carbocycles. The van der Waals surface area contributed by atoms with E-state index >= 15 is 0 Å². The molecule has 0 aliphatic carbocycles. The smallest absolute Gasteiger partial charge is 0.261 e. The Morgan fingerprint density at radius 1 is 1.04 bits per heavy atom. The molecule has 140 valence electrons. The molecule has 1 amide bonds. The first-order chi connectivity index (χ1) is 12.3. The van der Waals surface area contributed by atoms with E-state index in [0.29, 0.717) is 30.0 Å². The van der Waals surface area contributed by atoms with Gasteiger partial charge in [-0.15, -0.1) is 0 Å². The van der Waals surface area contributed by atoms with Gasteiger partial charge in [-0.05, 0) is 49.6 Å². The largest absolute Gasteiger partial charge is 0.383 e. The summed E-state index contributed by atoms with van der Waals surface area (Å²) in [7, 11) is -2.27. The first-order valence-electron chi connectivity index (χ1n) is 8.23. The molecule has 2 rings (SSSR count). The van der Waals surface area contributed by atoms with Gasteiger partial charge in [0.25, 0.3) is 15.9 Å². The number of ether oxygens (including phenoxy) is 1. The molecule has 0 radical (unpaired) electrons. The zero-order valence-corrected chi connectivity index (χ0v) is 16.2. The molecule has 0 aliphatic rings. The molecule has 7 heteroatoms. The second-order valence-electron chi connectivity index (χ2n) is 6.10. The number of methoxy groups -OCH3 is 1. The summed E-state index contributed by atoms with van der Waals surface area (Å²) in [5.41, 5.74) is 3.24. The second kappa shape index (κ2) is 8.33. The normalized spacial score (nSPS) is 11.2. The summed E-state index contributed by atoms with van der Waals surface area (Å²) >= 11 is 0. The monoisotopic (exact) mass is 376 g/mol. The van der Waals surface area contributed by atoms with Gasteiger partial charge >= 0.3 is 0 Å². The van der Waals surface area contributed by atoms with Gasteiger partial charge in [0.1, 0.15) is 0 Å². The second-order valence-corrected chi connectivity index (χ2v) is 7.78. The van der Waals surface area contributed by atoms with Gasteiger partial charge in [0.15, 0.2) is 0 Å². The number of carbonyl (C=O) groups excluding carboxylic acids is 1. The van der Waals surface area contributed by atoms with Crippen LogP contribution >= 0.6 is 0 Å². The molecular weight excluding hydrogens is 352 g/mol. The number of rotatable bonds is 7. The van der Waals surface area contributed by atoms with E-state index in [-0.39, 0.29) is 10.8 Å². The lowest BCUT2D eigenvalue weighted by Crippen LogP contribution is -2.28. The van der Waals surface area contributed by atoms with Crippen LogP contribution in [0, 0.1) is 20.8 Å². The minimum atomic E-state index is -3.81. The summed E-state index contributed by atoms with van der Waals surface area (Å²) in [5.74, 6) is -0.330. The Morgan fingerprint density at radius 3 is 2.31 bits per heavy atom. The van der Waals surface area contributed by atoms with Gasteiger partial charge in [-0.3, -0.25) is 9.52 Å². The van der Waals surface area contributed by atoms with Crippen LogP contribution in [0.3, 0.4) is 0 Å². The average Bonchev–Trinajstić information content (AvgIpc) is 2.58. The maximum Gasteiger partial charge on any atom is 0.261 e. The molecule has 0 heterocycles. The van der Waals surface area contributed by atoms with Gasteiger partial charge in [0, 0.05) is 19.2 Å². The standard InChI is InChI=1S/C19H24N2O4S/c1-13-8-9-16(12-17(13)19(22)20-10-11-25-4)26(23,24)21-18-14(2)6-5-7-15(18)3/h5-9,12,21H,10-11H2,1-4H3,(H,20,22). The number of anilines is 1. The van der Waals surface area contributed by atoms with Crippen LogP contribution in [-0.4, -0.2) is 34.6 Å². The Morgan fingerprint density at radius 2 is 1.69 bits per heavy atom. The van der Waals surface area contributed by atoms with Gasteiger partial charge in [0.2, 0.25) is 0 Å². The third-order valence-electron chi connectivity index (χ3n) is 4.07. The van der Waals surface area contributed by atoms with E-state index in [9.17, 15) is 13.2 Å². The summed E-state index contributed by atoms with van der Waals surface area (Å²) in [5, 5.41) is 2.71. The van der Waals surface area contributed by atoms with Crippen molar-refractivity contribution in [1.29, 1.82) is 0 Å². The van der Waals surface area contributed by atoms with E-state index in [1.165, 1.54) is 12.1 Å². The Kier molecular flexibility index (Phi) is 6.39. The van der Waals surface area contributed by atoms with Gasteiger partial charge in [-0.1, -0.05) is 24.3 Å². The maximum absolute atomic E-state index is 12.8. The molecule has 0 saturated carbocycles. The molecule has 0 unspecified atom stereocenters. The lowest BCUT2D eigenvalue weighted by atomic mass is 10.1. The molecule has 0 saturated heterocycles. The first kappa shape index (κ1) is 19.9. The third-order valence-corrected chi connectivity index (χ3v) is 5.42. The summed E-state index contributed by atoms with van der Waals surface area (Å²) < 4.78 is 33.1. The van der Waals surface area contributed by atoms with Gasteiger partial charge in [-0.25, -0.2) is 8.42 Å². The van der Waals surface area contributed by atoms with Crippen LogP contribution in [0.5, 0.6) is 0 Å². The molecule has 2 aromatic rings. The zero-order valence-electron chi connectivity index (χ0n) is 15.4. The Labute approximate surface area is 154 Å². The molecule has 26 heavy (non-hydrogen) atoms. The summed E-state index contributed by atoms with van der Waals surface area (Å²) in [6.07, 6.45) is 0. The van der Waals surface area contributed by atoms with Crippen molar-refractivity contribution in [2.45, 2.75) is 25.7 Å². The highest BCUT2D eigenvalue weighted by Crippen LogP contribution is 2.24. The number of hydrogen-bond acceptors (Lipinski definition) is 4. The third kappa shape index (κ3) is 4.62. The fraction of sp³-hybridized carbons (Fsp3) is 0.316. The van der Waals surface area contributed by atoms with Gasteiger partial charge < -0.3 is 10.1 Å². The highest BCUT2D eigenvalue weighted by molar-refractivity contribution is 7.92. The zero-order chi connectivity index (χ0) is 19.3. The number of sulfonamides is 1. The van der Waals surface area contributed by atoms with Crippen molar-refractivity contribution >= 4 is 21.6 Å². The van der Waals surface area contributed by atoms with E-state index in [2.05, 4.69) is 10.0 Å². The predicted molar refractivity (Wildman–Crippen MR) is 102 cm³/mol. The van der Waals surface area contributed by atoms with Crippen molar-refractivity contribution in [3.8, 4) is 0 Å². The molecule has 0 fully saturated rings. The number of para-hydroxylation sites is 1. The van der Waals surface area contributed by atoms with Crippen molar-refractivity contribution in [2.24, 2.45) is 0 Å². The van der Waals surface area contributed by atoms with Crippen LogP contribution in [-0.2, 0) is 14.8 Å². The van der Waals surface area contributed by atoms with Crippen LogP contribution in [0.1, 0.15) is 27.0 Å². The Hall–Kier alpha value is -2.38. The highest BCUT2D eigenvalue weighted by atomic mass is 32.2. The lowest BCUT2D eigenvalue weighted by molar-refractivity contribution is 0.0936. The first-order valence-corrected chi connectivity index (χ1v) is 9.71. The van der Waals surface area contributed by atoms with Crippen LogP contribution < -0.4 is 10.0 Å². The minimum Gasteiger partial charge on any atom is -0.383 e. The summed E-state index contributed by atoms with van der Waals surface area (Å²) in [4.78, 5) is 12.3. The summed E-state index contributed by atoms with van der Waals surface area (Å²) in [6, 6.07) is 10.1. The van der Waals surface area contributed by atoms with Crippen LogP contribution in [0.15, 0.2) is 41.3 Å². The number of carbonyl (C=O) groups is 1. The molecule has 2 N–H and O–H groups in total. The van der Waals surface area contributed by atoms with E-state index < -0.39 is 10.0 Å². The fourth-order valence-corrected chi connectivity index (χ4v) is 3.77. The average molecular weight is 376 g/mol. The molecule has 0 aromatic heterocycles. The topological polar surface area (TPSA) is 84.5 Å². The summed E-state index contributed by atoms with van der Waals surface area (Å²) in [6.45, 7) is 6.19. The molecule has 0 bridgehead atoms. The van der Waals surface area contributed by atoms with Crippen molar-refractivity contribution in [1.82, 2.24) is 5.32 Å². The lowest BCUT2D eigenvalue weighted by Gasteiger charge is -2.14. The SMILES string of the molecule is COCCNC(=O)c1cc(S(=O)(=O)Nc2c(C)cccc2C)ccc1C. The molecule has 0 aliphatic heterocycles. The predicted octanol–water partition coefficient (Wildman–Crippen LogP) is 2.79. The van der Waals surface area contributed by atoms with Crippen molar-refractivity contribution < 1.29 is 17.9 Å². The van der Waals surface area contributed by atoms with Crippen LogP contribution in [0.25, 0.3) is 0 Å². The number of benzene rings is 2. The molecule has 6 nitrogen and oxygen atoms in total. The number of aryl methyl sites for hydroxylation is 3.